The number of amides is 2. The van der Waals surface area contributed by atoms with Crippen LogP contribution in [-0.2, 0) is 10.2 Å². The van der Waals surface area contributed by atoms with E-state index in [2.05, 4.69) is 5.32 Å². The molecule has 2 aromatic carbocycles. The number of benzene rings is 2. The van der Waals surface area contributed by atoms with Crippen molar-refractivity contribution in [3.63, 3.8) is 0 Å². The fourth-order valence-electron chi connectivity index (χ4n) is 3.33. The SMILES string of the molecule is CCN(CC)C(=O)c1ccc(C(=O)NCC(CC)(C(=O)O)c2ccccc2)cc1. The average molecular weight is 396 g/mol. The third-order valence-corrected chi connectivity index (χ3v) is 5.33. The highest BCUT2D eigenvalue weighted by Crippen LogP contribution is 2.28. The highest BCUT2D eigenvalue weighted by Gasteiger charge is 2.39. The van der Waals surface area contributed by atoms with Crippen LogP contribution in [0.2, 0.25) is 0 Å². The van der Waals surface area contributed by atoms with Gasteiger partial charge in [0, 0.05) is 30.8 Å². The van der Waals surface area contributed by atoms with Crippen molar-refractivity contribution in [3.8, 4) is 0 Å². The van der Waals surface area contributed by atoms with Gasteiger partial charge in [-0.05, 0) is 50.1 Å². The lowest BCUT2D eigenvalue weighted by atomic mass is 9.78. The Kier molecular flexibility index (Phi) is 7.53. The molecule has 0 saturated carbocycles. The molecule has 0 spiro atoms. The van der Waals surface area contributed by atoms with E-state index in [9.17, 15) is 19.5 Å². The van der Waals surface area contributed by atoms with Crippen molar-refractivity contribution in [2.75, 3.05) is 19.6 Å². The van der Waals surface area contributed by atoms with E-state index >= 15 is 0 Å². The summed E-state index contributed by atoms with van der Waals surface area (Å²) in [5.74, 6) is -1.43. The number of rotatable bonds is 9. The normalized spacial score (nSPS) is 12.7. The number of carboxylic acids is 1. The smallest absolute Gasteiger partial charge is 0.315 e. The maximum Gasteiger partial charge on any atom is 0.315 e. The van der Waals surface area contributed by atoms with E-state index < -0.39 is 11.4 Å². The number of hydrogen-bond acceptors (Lipinski definition) is 3. The summed E-state index contributed by atoms with van der Waals surface area (Å²) in [6.07, 6.45) is 0.337. The minimum absolute atomic E-state index is 0.0260. The third-order valence-electron chi connectivity index (χ3n) is 5.33. The van der Waals surface area contributed by atoms with Crippen molar-refractivity contribution in [1.29, 1.82) is 0 Å². The second-order valence-corrected chi connectivity index (χ2v) is 6.84. The van der Waals surface area contributed by atoms with Gasteiger partial charge in [-0.25, -0.2) is 0 Å². The Morgan fingerprint density at radius 3 is 1.93 bits per heavy atom. The van der Waals surface area contributed by atoms with E-state index in [4.69, 9.17) is 0 Å². The van der Waals surface area contributed by atoms with Crippen LogP contribution in [0, 0.1) is 0 Å². The topological polar surface area (TPSA) is 86.7 Å². The highest BCUT2D eigenvalue weighted by atomic mass is 16.4. The zero-order valence-corrected chi connectivity index (χ0v) is 17.1. The number of carbonyl (C=O) groups excluding carboxylic acids is 2. The molecule has 2 N–H and O–H groups in total. The molecule has 6 heteroatoms. The first-order valence-electron chi connectivity index (χ1n) is 9.86. The average Bonchev–Trinajstić information content (AvgIpc) is 2.75. The van der Waals surface area contributed by atoms with E-state index in [0.29, 0.717) is 36.2 Å². The van der Waals surface area contributed by atoms with Crippen LogP contribution in [0.25, 0.3) is 0 Å². The van der Waals surface area contributed by atoms with E-state index in [1.165, 1.54) is 0 Å². The third kappa shape index (κ3) is 4.83. The fourth-order valence-corrected chi connectivity index (χ4v) is 3.33. The molecular weight excluding hydrogens is 368 g/mol. The predicted molar refractivity (Wildman–Crippen MR) is 112 cm³/mol. The summed E-state index contributed by atoms with van der Waals surface area (Å²) in [5, 5.41) is 12.6. The second kappa shape index (κ2) is 9.87. The highest BCUT2D eigenvalue weighted by molar-refractivity contribution is 5.98. The monoisotopic (exact) mass is 396 g/mol. The molecule has 0 aliphatic rings. The molecule has 0 heterocycles. The Bertz CT molecular complexity index is 845. The number of nitrogens with one attached hydrogen (secondary N) is 1. The zero-order valence-electron chi connectivity index (χ0n) is 17.1. The molecule has 154 valence electrons. The minimum Gasteiger partial charge on any atom is -0.481 e. The van der Waals surface area contributed by atoms with Crippen molar-refractivity contribution in [2.45, 2.75) is 32.6 Å². The van der Waals surface area contributed by atoms with E-state index in [-0.39, 0.29) is 18.4 Å². The van der Waals surface area contributed by atoms with Crippen LogP contribution in [0.1, 0.15) is 53.5 Å². The van der Waals surface area contributed by atoms with Crippen LogP contribution >= 0.6 is 0 Å². The Labute approximate surface area is 171 Å². The lowest BCUT2D eigenvalue weighted by Crippen LogP contribution is -2.46. The summed E-state index contributed by atoms with van der Waals surface area (Å²) in [4.78, 5) is 38.7. The van der Waals surface area contributed by atoms with Gasteiger partial charge >= 0.3 is 5.97 Å². The first-order chi connectivity index (χ1) is 13.9. The van der Waals surface area contributed by atoms with Crippen LogP contribution in [0.15, 0.2) is 54.6 Å². The van der Waals surface area contributed by atoms with Crippen molar-refractivity contribution >= 4 is 17.8 Å². The molecule has 0 radical (unpaired) electrons. The molecule has 0 bridgehead atoms. The first-order valence-corrected chi connectivity index (χ1v) is 9.86. The van der Waals surface area contributed by atoms with Gasteiger partial charge in [-0.3, -0.25) is 14.4 Å². The van der Waals surface area contributed by atoms with Gasteiger partial charge in [0.25, 0.3) is 11.8 Å². The van der Waals surface area contributed by atoms with Gasteiger partial charge in [0.15, 0.2) is 0 Å². The molecule has 6 nitrogen and oxygen atoms in total. The van der Waals surface area contributed by atoms with Crippen LogP contribution in [0.3, 0.4) is 0 Å². The molecule has 1 atom stereocenters. The largest absolute Gasteiger partial charge is 0.481 e. The van der Waals surface area contributed by atoms with Gasteiger partial charge in [-0.15, -0.1) is 0 Å². The maximum absolute atomic E-state index is 12.6. The Morgan fingerprint density at radius 1 is 0.897 bits per heavy atom. The van der Waals surface area contributed by atoms with Gasteiger partial charge in [0.05, 0.1) is 0 Å². The summed E-state index contributed by atoms with van der Waals surface area (Å²) >= 11 is 0. The molecule has 0 saturated heterocycles. The Balaban J connectivity index is 2.15. The maximum atomic E-state index is 12.6. The van der Waals surface area contributed by atoms with Gasteiger partial charge < -0.3 is 15.3 Å². The number of hydrogen-bond donors (Lipinski definition) is 2. The molecule has 0 fully saturated rings. The number of carboxylic acid groups (broad SMARTS) is 1. The molecule has 2 amide bonds. The predicted octanol–water partition coefficient (Wildman–Crippen LogP) is 3.33. The number of carbonyl (C=O) groups is 3. The standard InChI is InChI=1S/C23H28N2O4/c1-4-23(22(28)29,19-10-8-7-9-11-19)16-24-20(26)17-12-14-18(15-13-17)21(27)25(5-2)6-3/h7-15H,4-6,16H2,1-3H3,(H,24,26)(H,28,29). The molecular formula is C23H28N2O4. The van der Waals surface area contributed by atoms with E-state index in [1.807, 2.05) is 19.9 Å². The van der Waals surface area contributed by atoms with Crippen molar-refractivity contribution in [2.24, 2.45) is 0 Å². The van der Waals surface area contributed by atoms with Crippen LogP contribution in [0.4, 0.5) is 0 Å². The van der Waals surface area contributed by atoms with Gasteiger partial charge in [0.2, 0.25) is 0 Å². The first kappa shape index (κ1) is 22.1. The lowest BCUT2D eigenvalue weighted by molar-refractivity contribution is -0.143. The lowest BCUT2D eigenvalue weighted by Gasteiger charge is -2.29. The molecule has 1 unspecified atom stereocenters. The summed E-state index contributed by atoms with van der Waals surface area (Å²) in [5.41, 5.74) is 0.346. The number of aliphatic carboxylic acids is 1. The zero-order chi connectivity index (χ0) is 21.4. The van der Waals surface area contributed by atoms with Crippen LogP contribution < -0.4 is 5.32 Å². The van der Waals surface area contributed by atoms with Crippen LogP contribution in [-0.4, -0.2) is 47.4 Å². The van der Waals surface area contributed by atoms with Crippen LogP contribution in [0.5, 0.6) is 0 Å². The van der Waals surface area contributed by atoms with Crippen molar-refractivity contribution in [3.05, 3.63) is 71.3 Å². The summed E-state index contributed by atoms with van der Waals surface area (Å²) in [7, 11) is 0. The molecule has 2 rings (SSSR count). The molecule has 0 aliphatic carbocycles. The molecule has 0 aliphatic heterocycles. The second-order valence-electron chi connectivity index (χ2n) is 6.84. The summed E-state index contributed by atoms with van der Waals surface area (Å²) in [6, 6.07) is 15.3. The van der Waals surface area contributed by atoms with Gasteiger partial charge in [-0.2, -0.15) is 0 Å². The summed E-state index contributed by atoms with van der Waals surface area (Å²) in [6.45, 7) is 6.83. The fraction of sp³-hybridized carbons (Fsp3) is 0.348. The van der Waals surface area contributed by atoms with E-state index in [1.54, 1.807) is 60.4 Å². The minimum atomic E-state index is -1.20. The quantitative estimate of drug-likeness (QED) is 0.681. The van der Waals surface area contributed by atoms with Crippen molar-refractivity contribution in [1.82, 2.24) is 10.2 Å². The van der Waals surface area contributed by atoms with Gasteiger partial charge in [-0.1, -0.05) is 37.3 Å². The molecule has 2 aromatic rings. The van der Waals surface area contributed by atoms with Crippen molar-refractivity contribution < 1.29 is 19.5 Å². The Hall–Kier alpha value is -3.15. The Morgan fingerprint density at radius 2 is 1.45 bits per heavy atom. The van der Waals surface area contributed by atoms with Gasteiger partial charge in [0.1, 0.15) is 5.41 Å². The van der Waals surface area contributed by atoms with E-state index in [0.717, 1.165) is 0 Å². The number of nitrogens with zero attached hydrogens (tertiary/aromatic N) is 1. The summed E-state index contributed by atoms with van der Waals surface area (Å²) < 4.78 is 0. The molecule has 29 heavy (non-hydrogen) atoms. The molecule has 0 aromatic heterocycles.